The number of nitrogen functional groups attached to an aromatic ring is 1. The molecule has 0 unspecified atom stereocenters. The summed E-state index contributed by atoms with van der Waals surface area (Å²) < 4.78 is 1.78. The summed E-state index contributed by atoms with van der Waals surface area (Å²) in [5, 5.41) is 2.89. The number of benzene rings is 1. The Hall–Kier alpha value is -1.92. The number of nitrogens with zero attached hydrogens (tertiary/aromatic N) is 1. The van der Waals surface area contributed by atoms with Crippen LogP contribution in [0.25, 0.3) is 10.2 Å². The van der Waals surface area contributed by atoms with E-state index in [1.165, 1.54) is 11.3 Å². The predicted molar refractivity (Wildman–Crippen MR) is 90.9 cm³/mol. The van der Waals surface area contributed by atoms with Crippen LogP contribution in [0.2, 0.25) is 0 Å². The van der Waals surface area contributed by atoms with Crippen LogP contribution in [0, 0.1) is 6.92 Å². The first-order valence-electron chi connectivity index (χ1n) is 6.27. The lowest BCUT2D eigenvalue weighted by Gasteiger charge is -2.08. The van der Waals surface area contributed by atoms with Gasteiger partial charge in [-0.05, 0) is 46.6 Å². The Morgan fingerprint density at radius 2 is 2.14 bits per heavy atom. The van der Waals surface area contributed by atoms with Crippen LogP contribution in [-0.4, -0.2) is 10.9 Å². The van der Waals surface area contributed by atoms with Gasteiger partial charge in [-0.1, -0.05) is 12.1 Å². The third-order valence-corrected chi connectivity index (χ3v) is 5.34. The summed E-state index contributed by atoms with van der Waals surface area (Å²) >= 11 is 4.83. The first-order valence-corrected chi connectivity index (χ1v) is 7.88. The van der Waals surface area contributed by atoms with Gasteiger partial charge >= 0.3 is 0 Å². The number of pyridine rings is 1. The van der Waals surface area contributed by atoms with E-state index >= 15 is 0 Å². The summed E-state index contributed by atoms with van der Waals surface area (Å²) in [5.74, 6) is -0.221. The van der Waals surface area contributed by atoms with E-state index in [0.717, 1.165) is 20.4 Å². The Kier molecular flexibility index (Phi) is 3.65. The molecule has 1 amide bonds. The molecule has 0 atom stereocenters. The number of nitrogens with one attached hydrogen (secondary N) is 1. The maximum Gasteiger partial charge on any atom is 0.267 e. The van der Waals surface area contributed by atoms with E-state index in [-0.39, 0.29) is 5.91 Å². The summed E-state index contributed by atoms with van der Waals surface area (Å²) in [7, 11) is 0. The third kappa shape index (κ3) is 2.52. The lowest BCUT2D eigenvalue weighted by atomic mass is 10.2. The number of thiophene rings is 1. The second-order valence-electron chi connectivity index (χ2n) is 4.59. The summed E-state index contributed by atoms with van der Waals surface area (Å²) in [6, 6.07) is 9.44. The number of fused-ring (bicyclic) bond motifs is 1. The molecule has 0 aliphatic heterocycles. The molecular formula is C15H12BrN3OS. The van der Waals surface area contributed by atoms with E-state index in [4.69, 9.17) is 5.73 Å². The second-order valence-corrected chi connectivity index (χ2v) is 6.43. The zero-order valence-electron chi connectivity index (χ0n) is 11.2. The monoisotopic (exact) mass is 361 g/mol. The number of carbonyl (C=O) groups excluding carboxylic acids is 1. The molecule has 6 heteroatoms. The number of carbonyl (C=O) groups is 1. The van der Waals surface area contributed by atoms with Crippen LogP contribution in [-0.2, 0) is 0 Å². The maximum atomic E-state index is 12.4. The smallest absolute Gasteiger partial charge is 0.267 e. The molecule has 3 rings (SSSR count). The van der Waals surface area contributed by atoms with Crippen molar-refractivity contribution >= 4 is 54.8 Å². The van der Waals surface area contributed by atoms with Crippen LogP contribution < -0.4 is 11.1 Å². The number of aryl methyl sites for hydroxylation is 1. The van der Waals surface area contributed by atoms with Crippen molar-refractivity contribution in [2.45, 2.75) is 6.92 Å². The normalized spacial score (nSPS) is 10.8. The van der Waals surface area contributed by atoms with Gasteiger partial charge in [0, 0.05) is 10.7 Å². The number of halogens is 1. The average molecular weight is 362 g/mol. The second kappa shape index (κ2) is 5.46. The van der Waals surface area contributed by atoms with E-state index in [1.807, 2.05) is 37.3 Å². The molecule has 1 aromatic carbocycles. The highest BCUT2D eigenvalue weighted by Gasteiger charge is 2.18. The summed E-state index contributed by atoms with van der Waals surface area (Å²) in [5.41, 5.74) is 8.92. The van der Waals surface area contributed by atoms with E-state index in [9.17, 15) is 4.79 Å². The van der Waals surface area contributed by atoms with Gasteiger partial charge in [0.1, 0.15) is 10.4 Å². The lowest BCUT2D eigenvalue weighted by Crippen LogP contribution is -2.12. The quantitative estimate of drug-likeness (QED) is 0.718. The fraction of sp³-hybridized carbons (Fsp3) is 0.0667. The fourth-order valence-corrected chi connectivity index (χ4v) is 3.38. The van der Waals surface area contributed by atoms with E-state index in [0.29, 0.717) is 16.1 Å². The topological polar surface area (TPSA) is 68.0 Å². The van der Waals surface area contributed by atoms with Crippen LogP contribution in [0.15, 0.2) is 41.0 Å². The van der Waals surface area contributed by atoms with Crippen LogP contribution in [0.5, 0.6) is 0 Å². The highest BCUT2D eigenvalue weighted by Crippen LogP contribution is 2.33. The van der Waals surface area contributed by atoms with Gasteiger partial charge < -0.3 is 11.1 Å². The van der Waals surface area contributed by atoms with Gasteiger partial charge in [0.05, 0.1) is 16.1 Å². The molecule has 3 aromatic rings. The fourth-order valence-electron chi connectivity index (χ4n) is 2.04. The first-order chi connectivity index (χ1) is 10.1. The zero-order chi connectivity index (χ0) is 15.0. The molecule has 21 heavy (non-hydrogen) atoms. The highest BCUT2D eigenvalue weighted by molar-refractivity contribution is 9.10. The van der Waals surface area contributed by atoms with Gasteiger partial charge in [0.15, 0.2) is 0 Å². The molecule has 0 bridgehead atoms. The Balaban J connectivity index is 1.97. The van der Waals surface area contributed by atoms with Crippen LogP contribution >= 0.6 is 27.3 Å². The summed E-state index contributed by atoms with van der Waals surface area (Å²) in [6.07, 6.45) is 1.67. The molecular weight excluding hydrogens is 350 g/mol. The Morgan fingerprint density at radius 1 is 1.33 bits per heavy atom. The first kappa shape index (κ1) is 14.0. The van der Waals surface area contributed by atoms with Crippen molar-refractivity contribution in [3.05, 3.63) is 51.4 Å². The van der Waals surface area contributed by atoms with E-state index in [2.05, 4.69) is 26.2 Å². The van der Waals surface area contributed by atoms with Crippen LogP contribution in [0.1, 0.15) is 15.2 Å². The standard InChI is InChI=1S/C15H12BrN3OS/c1-8-4-2-5-9(11(8)16)19-15(20)14-12(17)13-10(21-14)6-3-7-18-13/h2-7H,17H2,1H3,(H,19,20). The van der Waals surface area contributed by atoms with Crippen molar-refractivity contribution in [3.63, 3.8) is 0 Å². The van der Waals surface area contributed by atoms with Crippen LogP contribution in [0.4, 0.5) is 11.4 Å². The molecule has 0 spiro atoms. The third-order valence-electron chi connectivity index (χ3n) is 3.13. The number of hydrogen-bond donors (Lipinski definition) is 2. The van der Waals surface area contributed by atoms with Gasteiger partial charge in [0.25, 0.3) is 5.91 Å². The minimum atomic E-state index is -0.221. The number of anilines is 2. The Bertz CT molecular complexity index is 844. The van der Waals surface area contributed by atoms with Gasteiger partial charge in [0.2, 0.25) is 0 Å². The molecule has 106 valence electrons. The number of hydrogen-bond acceptors (Lipinski definition) is 4. The summed E-state index contributed by atoms with van der Waals surface area (Å²) in [6.45, 7) is 1.97. The highest BCUT2D eigenvalue weighted by atomic mass is 79.9. The van der Waals surface area contributed by atoms with Crippen molar-refractivity contribution < 1.29 is 4.79 Å². The molecule has 0 aliphatic rings. The molecule has 0 aliphatic carbocycles. The van der Waals surface area contributed by atoms with Crippen molar-refractivity contribution in [2.75, 3.05) is 11.1 Å². The molecule has 2 aromatic heterocycles. The number of aromatic nitrogens is 1. The molecule has 0 saturated carbocycles. The molecule has 4 nitrogen and oxygen atoms in total. The largest absolute Gasteiger partial charge is 0.396 e. The maximum absolute atomic E-state index is 12.4. The molecule has 0 saturated heterocycles. The Morgan fingerprint density at radius 3 is 2.90 bits per heavy atom. The van der Waals surface area contributed by atoms with Gasteiger partial charge in [-0.2, -0.15) is 0 Å². The summed E-state index contributed by atoms with van der Waals surface area (Å²) in [4.78, 5) is 17.1. The van der Waals surface area contributed by atoms with Crippen molar-refractivity contribution in [2.24, 2.45) is 0 Å². The number of rotatable bonds is 2. The molecule has 3 N–H and O–H groups in total. The molecule has 2 heterocycles. The predicted octanol–water partition coefficient (Wildman–Crippen LogP) is 4.20. The van der Waals surface area contributed by atoms with E-state index in [1.54, 1.807) is 6.20 Å². The van der Waals surface area contributed by atoms with E-state index < -0.39 is 0 Å². The average Bonchev–Trinajstić information content (AvgIpc) is 2.82. The van der Waals surface area contributed by atoms with Gasteiger partial charge in [-0.25, -0.2) is 0 Å². The molecule has 0 fully saturated rings. The number of nitrogens with two attached hydrogens (primary N) is 1. The zero-order valence-corrected chi connectivity index (χ0v) is 13.6. The minimum absolute atomic E-state index is 0.221. The van der Waals surface area contributed by atoms with Gasteiger partial charge in [-0.15, -0.1) is 11.3 Å². The molecule has 0 radical (unpaired) electrons. The van der Waals surface area contributed by atoms with Crippen molar-refractivity contribution in [3.8, 4) is 0 Å². The van der Waals surface area contributed by atoms with Gasteiger partial charge in [-0.3, -0.25) is 9.78 Å². The van der Waals surface area contributed by atoms with Crippen molar-refractivity contribution in [1.82, 2.24) is 4.98 Å². The minimum Gasteiger partial charge on any atom is -0.396 e. The van der Waals surface area contributed by atoms with Crippen molar-refractivity contribution in [1.29, 1.82) is 0 Å². The number of amides is 1. The lowest BCUT2D eigenvalue weighted by molar-refractivity contribution is 0.103. The Labute approximate surface area is 134 Å². The van der Waals surface area contributed by atoms with Crippen LogP contribution in [0.3, 0.4) is 0 Å². The SMILES string of the molecule is Cc1cccc(NC(=O)c2sc3cccnc3c2N)c1Br.